The highest BCUT2D eigenvalue weighted by atomic mass is 16.7. The number of rotatable bonds is 10. The van der Waals surface area contributed by atoms with Gasteiger partial charge in [-0.3, -0.25) is 0 Å². The summed E-state index contributed by atoms with van der Waals surface area (Å²) >= 11 is 0. The fourth-order valence-electron chi connectivity index (χ4n) is 3.53. The Hall–Kier alpha value is -2.64. The lowest BCUT2D eigenvalue weighted by molar-refractivity contribution is -0.162. The number of hydrogen-bond donors (Lipinski definition) is 0. The van der Waals surface area contributed by atoms with Gasteiger partial charge in [0.05, 0.1) is 38.0 Å². The summed E-state index contributed by atoms with van der Waals surface area (Å²) in [6, 6.07) is 5.83. The molecule has 0 spiro atoms. The summed E-state index contributed by atoms with van der Waals surface area (Å²) in [6.45, 7) is 5.39. The standard InChI is InChI=1S/C24H32N2O5/c1-4-29-24(27)20(8-7-13-31-23-9-5-6-12-30-23)14-19-10-11-21(22(15-19)28-3)26-16-18(2)25-17-26/h10-11,14-17,23H,4-9,12-13H2,1-3H3/b20-14+. The van der Waals surface area contributed by atoms with Gasteiger partial charge in [0.15, 0.2) is 6.29 Å². The minimum Gasteiger partial charge on any atom is -0.495 e. The smallest absolute Gasteiger partial charge is 0.334 e. The molecule has 1 aliphatic rings. The van der Waals surface area contributed by atoms with Crippen molar-refractivity contribution in [2.75, 3.05) is 26.9 Å². The molecule has 1 aliphatic heterocycles. The minimum absolute atomic E-state index is 0.118. The maximum Gasteiger partial charge on any atom is 0.334 e. The van der Waals surface area contributed by atoms with Crippen molar-refractivity contribution in [1.29, 1.82) is 0 Å². The molecule has 1 aromatic heterocycles. The number of imidazole rings is 1. The molecule has 168 valence electrons. The molecule has 0 amide bonds. The Morgan fingerprint density at radius 2 is 2.23 bits per heavy atom. The fourth-order valence-corrected chi connectivity index (χ4v) is 3.53. The molecule has 2 heterocycles. The van der Waals surface area contributed by atoms with Gasteiger partial charge >= 0.3 is 5.97 Å². The van der Waals surface area contributed by atoms with Crippen LogP contribution >= 0.6 is 0 Å². The molecular weight excluding hydrogens is 396 g/mol. The van der Waals surface area contributed by atoms with Crippen molar-refractivity contribution in [2.24, 2.45) is 0 Å². The van der Waals surface area contributed by atoms with Gasteiger partial charge in [-0.1, -0.05) is 6.07 Å². The second kappa shape index (κ2) is 11.7. The van der Waals surface area contributed by atoms with Gasteiger partial charge in [-0.25, -0.2) is 9.78 Å². The van der Waals surface area contributed by atoms with E-state index >= 15 is 0 Å². The number of nitrogens with zero attached hydrogens (tertiary/aromatic N) is 2. The summed E-state index contributed by atoms with van der Waals surface area (Å²) in [5.74, 6) is 0.400. The average Bonchev–Trinajstić information content (AvgIpc) is 3.22. The zero-order valence-electron chi connectivity index (χ0n) is 18.6. The Kier molecular flexibility index (Phi) is 8.67. The molecule has 0 radical (unpaired) electrons. The molecule has 7 nitrogen and oxygen atoms in total. The first-order valence-electron chi connectivity index (χ1n) is 10.9. The lowest BCUT2D eigenvalue weighted by atomic mass is 10.1. The predicted molar refractivity (Wildman–Crippen MR) is 118 cm³/mol. The fraction of sp³-hybridized carbons (Fsp3) is 0.500. The van der Waals surface area contributed by atoms with Crippen LogP contribution in [0.5, 0.6) is 5.75 Å². The van der Waals surface area contributed by atoms with Gasteiger partial charge in [0, 0.05) is 18.4 Å². The summed E-state index contributed by atoms with van der Waals surface area (Å²) in [6.07, 6.45) is 9.88. The molecule has 31 heavy (non-hydrogen) atoms. The second-order valence-corrected chi connectivity index (χ2v) is 7.51. The van der Waals surface area contributed by atoms with Gasteiger partial charge < -0.3 is 23.5 Å². The van der Waals surface area contributed by atoms with Crippen LogP contribution in [-0.4, -0.2) is 48.7 Å². The lowest BCUT2D eigenvalue weighted by Crippen LogP contribution is -2.22. The zero-order chi connectivity index (χ0) is 22.1. The number of benzene rings is 1. The zero-order valence-corrected chi connectivity index (χ0v) is 18.6. The number of carbonyl (C=O) groups is 1. The highest BCUT2D eigenvalue weighted by Crippen LogP contribution is 2.26. The van der Waals surface area contributed by atoms with Gasteiger partial charge in [-0.2, -0.15) is 0 Å². The third-order valence-electron chi connectivity index (χ3n) is 5.10. The van der Waals surface area contributed by atoms with E-state index in [4.69, 9.17) is 18.9 Å². The van der Waals surface area contributed by atoms with Crippen molar-refractivity contribution in [1.82, 2.24) is 9.55 Å². The molecule has 3 rings (SSSR count). The Labute approximate surface area is 184 Å². The van der Waals surface area contributed by atoms with Crippen LogP contribution in [0.25, 0.3) is 11.8 Å². The number of esters is 1. The largest absolute Gasteiger partial charge is 0.495 e. The van der Waals surface area contributed by atoms with Crippen molar-refractivity contribution in [2.45, 2.75) is 52.2 Å². The van der Waals surface area contributed by atoms with Crippen LogP contribution in [0.2, 0.25) is 0 Å². The molecule has 1 aromatic carbocycles. The van der Waals surface area contributed by atoms with E-state index in [-0.39, 0.29) is 12.3 Å². The number of hydrogen-bond acceptors (Lipinski definition) is 6. The maximum absolute atomic E-state index is 12.5. The van der Waals surface area contributed by atoms with Crippen LogP contribution in [0.3, 0.4) is 0 Å². The Morgan fingerprint density at radius 1 is 1.35 bits per heavy atom. The second-order valence-electron chi connectivity index (χ2n) is 7.51. The average molecular weight is 429 g/mol. The molecule has 1 fully saturated rings. The van der Waals surface area contributed by atoms with E-state index in [1.807, 2.05) is 48.9 Å². The molecule has 0 bridgehead atoms. The van der Waals surface area contributed by atoms with Crippen LogP contribution in [0.1, 0.15) is 50.3 Å². The van der Waals surface area contributed by atoms with E-state index in [0.717, 1.165) is 42.8 Å². The Bertz CT molecular complexity index is 884. The van der Waals surface area contributed by atoms with Crippen LogP contribution in [0, 0.1) is 6.92 Å². The summed E-state index contributed by atoms with van der Waals surface area (Å²) in [7, 11) is 1.63. The number of methoxy groups -OCH3 is 1. The van der Waals surface area contributed by atoms with Gasteiger partial charge in [-0.15, -0.1) is 0 Å². The van der Waals surface area contributed by atoms with Crippen molar-refractivity contribution in [3.63, 3.8) is 0 Å². The van der Waals surface area contributed by atoms with Gasteiger partial charge in [0.25, 0.3) is 0 Å². The van der Waals surface area contributed by atoms with Crippen LogP contribution in [0.15, 0.2) is 36.3 Å². The molecule has 2 aromatic rings. The first-order chi connectivity index (χ1) is 15.1. The van der Waals surface area contributed by atoms with E-state index in [2.05, 4.69) is 4.98 Å². The highest BCUT2D eigenvalue weighted by Gasteiger charge is 2.15. The number of aryl methyl sites for hydroxylation is 1. The van der Waals surface area contributed by atoms with E-state index in [0.29, 0.717) is 37.4 Å². The number of carbonyl (C=O) groups excluding carboxylic acids is 1. The molecule has 0 saturated carbocycles. The minimum atomic E-state index is -0.301. The first kappa shape index (κ1) is 23.0. The first-order valence-corrected chi connectivity index (χ1v) is 10.9. The quantitative estimate of drug-likeness (QED) is 0.316. The highest BCUT2D eigenvalue weighted by molar-refractivity contribution is 5.93. The summed E-state index contributed by atoms with van der Waals surface area (Å²) in [5, 5.41) is 0. The van der Waals surface area contributed by atoms with E-state index < -0.39 is 0 Å². The molecular formula is C24H32N2O5. The summed E-state index contributed by atoms with van der Waals surface area (Å²) < 4.78 is 24.1. The van der Waals surface area contributed by atoms with Crippen LogP contribution in [-0.2, 0) is 19.0 Å². The van der Waals surface area contributed by atoms with Crippen molar-refractivity contribution in [3.8, 4) is 11.4 Å². The maximum atomic E-state index is 12.5. The number of ether oxygens (including phenoxy) is 4. The molecule has 1 saturated heterocycles. The van der Waals surface area contributed by atoms with Crippen molar-refractivity contribution >= 4 is 12.0 Å². The monoisotopic (exact) mass is 428 g/mol. The number of aromatic nitrogens is 2. The van der Waals surface area contributed by atoms with E-state index in [9.17, 15) is 4.79 Å². The summed E-state index contributed by atoms with van der Waals surface area (Å²) in [5.41, 5.74) is 3.30. The SMILES string of the molecule is CCOC(=O)/C(=C/c1ccc(-n2cnc(C)c2)c(OC)c1)CCCOC1CCCCO1. The third-order valence-corrected chi connectivity index (χ3v) is 5.10. The van der Waals surface area contributed by atoms with Crippen molar-refractivity contribution in [3.05, 3.63) is 47.6 Å². The summed E-state index contributed by atoms with van der Waals surface area (Å²) in [4.78, 5) is 16.8. The van der Waals surface area contributed by atoms with E-state index in [1.54, 1.807) is 13.4 Å². The van der Waals surface area contributed by atoms with Crippen LogP contribution < -0.4 is 4.74 Å². The van der Waals surface area contributed by atoms with Crippen molar-refractivity contribution < 1.29 is 23.7 Å². The Morgan fingerprint density at radius 3 is 2.90 bits per heavy atom. The third kappa shape index (κ3) is 6.67. The van der Waals surface area contributed by atoms with Crippen LogP contribution in [0.4, 0.5) is 0 Å². The van der Waals surface area contributed by atoms with Gasteiger partial charge in [-0.05, 0) is 69.7 Å². The molecule has 0 N–H and O–H groups in total. The topological polar surface area (TPSA) is 71.8 Å². The lowest BCUT2D eigenvalue weighted by Gasteiger charge is -2.22. The van der Waals surface area contributed by atoms with Gasteiger partial charge in [0.1, 0.15) is 5.75 Å². The molecule has 1 unspecified atom stereocenters. The predicted octanol–water partition coefficient (Wildman–Crippen LogP) is 4.46. The van der Waals surface area contributed by atoms with E-state index in [1.165, 1.54) is 0 Å². The molecule has 1 atom stereocenters. The van der Waals surface area contributed by atoms with Gasteiger partial charge in [0.2, 0.25) is 0 Å². The Balaban J connectivity index is 1.70. The normalized spacial score (nSPS) is 16.9. The molecule has 7 heteroatoms. The molecule has 0 aliphatic carbocycles.